The van der Waals surface area contributed by atoms with Crippen molar-refractivity contribution >= 4 is 16.6 Å². The lowest BCUT2D eigenvalue weighted by Crippen LogP contribution is -2.48. The molecule has 0 atom stereocenters. The zero-order chi connectivity index (χ0) is 22.1. The lowest BCUT2D eigenvalue weighted by atomic mass is 10.2. The van der Waals surface area contributed by atoms with Crippen LogP contribution in [0.5, 0.6) is 0 Å². The Hall–Kier alpha value is -3.17. The van der Waals surface area contributed by atoms with Crippen LogP contribution in [0.1, 0.15) is 19.7 Å². The molecule has 0 spiro atoms. The smallest absolute Gasteiger partial charge is 0.270 e. The van der Waals surface area contributed by atoms with Gasteiger partial charge in [-0.1, -0.05) is 12.1 Å². The molecule has 0 amide bonds. The van der Waals surface area contributed by atoms with Crippen molar-refractivity contribution in [2.45, 2.75) is 26.4 Å². The van der Waals surface area contributed by atoms with Crippen LogP contribution in [-0.4, -0.2) is 56.5 Å². The van der Waals surface area contributed by atoms with Crippen molar-refractivity contribution in [1.82, 2.24) is 19.4 Å². The largest absolute Gasteiger partial charge is 0.298 e. The van der Waals surface area contributed by atoms with Crippen molar-refractivity contribution in [2.75, 3.05) is 26.2 Å². The van der Waals surface area contributed by atoms with E-state index in [9.17, 15) is 19.3 Å². The van der Waals surface area contributed by atoms with E-state index >= 15 is 0 Å². The topological polar surface area (TPSA) is 84.5 Å². The van der Waals surface area contributed by atoms with Gasteiger partial charge in [0.2, 0.25) is 0 Å². The predicted molar refractivity (Wildman–Crippen MR) is 116 cm³/mol. The summed E-state index contributed by atoms with van der Waals surface area (Å²) in [7, 11) is 0. The van der Waals surface area contributed by atoms with Crippen molar-refractivity contribution < 1.29 is 9.31 Å². The van der Waals surface area contributed by atoms with Gasteiger partial charge in [0, 0.05) is 44.4 Å². The van der Waals surface area contributed by atoms with Crippen LogP contribution >= 0.6 is 0 Å². The first kappa shape index (κ1) is 21.1. The minimum Gasteiger partial charge on any atom is -0.298 e. The maximum absolute atomic E-state index is 14.6. The van der Waals surface area contributed by atoms with Crippen molar-refractivity contribution in [3.05, 3.63) is 74.6 Å². The summed E-state index contributed by atoms with van der Waals surface area (Å²) in [6, 6.07) is 10.5. The van der Waals surface area contributed by atoms with Crippen LogP contribution < -0.4 is 5.56 Å². The molecule has 1 aliphatic rings. The number of piperazine rings is 1. The van der Waals surface area contributed by atoms with E-state index in [1.165, 1.54) is 34.9 Å². The van der Waals surface area contributed by atoms with Crippen LogP contribution in [0.3, 0.4) is 0 Å². The second kappa shape index (κ2) is 8.52. The number of rotatable bonds is 5. The molecule has 1 fully saturated rings. The number of hydrogen-bond donors (Lipinski definition) is 0. The van der Waals surface area contributed by atoms with Gasteiger partial charge in [-0.05, 0) is 32.0 Å². The van der Waals surface area contributed by atoms with E-state index in [1.54, 1.807) is 12.1 Å². The molecule has 8 nitrogen and oxygen atoms in total. The van der Waals surface area contributed by atoms with Gasteiger partial charge >= 0.3 is 0 Å². The van der Waals surface area contributed by atoms with E-state index in [4.69, 9.17) is 0 Å². The predicted octanol–water partition coefficient (Wildman–Crippen LogP) is 2.96. The maximum atomic E-state index is 14.6. The molecule has 0 bridgehead atoms. The zero-order valence-electron chi connectivity index (χ0n) is 17.5. The molecule has 162 valence electrons. The Bertz CT molecular complexity index is 1190. The van der Waals surface area contributed by atoms with E-state index in [1.807, 2.05) is 0 Å². The van der Waals surface area contributed by atoms with Gasteiger partial charge in [-0.25, -0.2) is 9.37 Å². The molecule has 0 N–H and O–H groups in total. The third-order valence-electron chi connectivity index (χ3n) is 5.73. The Morgan fingerprint density at radius 2 is 1.84 bits per heavy atom. The lowest BCUT2D eigenvalue weighted by Gasteiger charge is -2.36. The number of nitro benzene ring substituents is 1. The summed E-state index contributed by atoms with van der Waals surface area (Å²) in [6.07, 6.45) is 0. The number of benzene rings is 2. The minimum absolute atomic E-state index is 0.0872. The molecule has 0 radical (unpaired) electrons. The number of fused-ring (bicyclic) bond motifs is 1. The molecule has 9 heteroatoms. The Morgan fingerprint density at radius 1 is 1.13 bits per heavy atom. The number of nitrogens with zero attached hydrogens (tertiary/aromatic N) is 5. The monoisotopic (exact) mass is 425 g/mol. The normalized spacial score (nSPS) is 15.6. The summed E-state index contributed by atoms with van der Waals surface area (Å²) in [5.41, 5.74) is -0.276. The Kier molecular flexibility index (Phi) is 5.79. The fourth-order valence-electron chi connectivity index (χ4n) is 3.96. The summed E-state index contributed by atoms with van der Waals surface area (Å²) < 4.78 is 15.9. The van der Waals surface area contributed by atoms with Gasteiger partial charge in [0.25, 0.3) is 11.2 Å². The Morgan fingerprint density at radius 3 is 2.48 bits per heavy atom. The number of nitro groups is 1. The van der Waals surface area contributed by atoms with E-state index in [0.717, 1.165) is 26.2 Å². The van der Waals surface area contributed by atoms with Crippen molar-refractivity contribution in [3.63, 3.8) is 0 Å². The summed E-state index contributed by atoms with van der Waals surface area (Å²) in [6.45, 7) is 8.13. The number of halogens is 1. The standard InChI is InChI=1S/C22H24FN5O3/c1-15(2)26-11-9-25(10-12-26)14-21-24-19-8-7-16(28(30)31)13-17(19)22(29)27(21)20-6-4-3-5-18(20)23/h3-8,13,15H,9-12,14H2,1-2H3. The molecule has 0 aliphatic carbocycles. The zero-order valence-corrected chi connectivity index (χ0v) is 17.5. The van der Waals surface area contributed by atoms with Crippen LogP contribution in [0.2, 0.25) is 0 Å². The molecule has 1 saturated heterocycles. The van der Waals surface area contributed by atoms with E-state index < -0.39 is 16.3 Å². The fraction of sp³-hybridized carbons (Fsp3) is 0.364. The molecule has 1 aromatic heterocycles. The van der Waals surface area contributed by atoms with E-state index in [-0.39, 0.29) is 16.8 Å². The molecule has 0 unspecified atom stereocenters. The highest BCUT2D eigenvalue weighted by atomic mass is 19.1. The molecular weight excluding hydrogens is 401 g/mol. The second-order valence-electron chi connectivity index (χ2n) is 7.98. The molecular formula is C22H24FN5O3. The van der Waals surface area contributed by atoms with Crippen LogP contribution in [-0.2, 0) is 6.54 Å². The molecule has 3 aromatic rings. The van der Waals surface area contributed by atoms with Gasteiger partial charge in [0.15, 0.2) is 0 Å². The minimum atomic E-state index is -0.561. The maximum Gasteiger partial charge on any atom is 0.270 e. The fourth-order valence-corrected chi connectivity index (χ4v) is 3.96. The highest BCUT2D eigenvalue weighted by Crippen LogP contribution is 2.21. The van der Waals surface area contributed by atoms with Gasteiger partial charge in [-0.3, -0.25) is 29.3 Å². The molecule has 2 heterocycles. The SMILES string of the molecule is CC(C)N1CCN(Cc2nc3ccc([N+](=O)[O-])cc3c(=O)n2-c2ccccc2F)CC1. The van der Waals surface area contributed by atoms with Gasteiger partial charge < -0.3 is 0 Å². The number of aromatic nitrogens is 2. The average molecular weight is 425 g/mol. The third-order valence-corrected chi connectivity index (χ3v) is 5.73. The van der Waals surface area contributed by atoms with Crippen molar-refractivity contribution in [2.24, 2.45) is 0 Å². The number of para-hydroxylation sites is 1. The summed E-state index contributed by atoms with van der Waals surface area (Å²) in [5, 5.41) is 11.3. The molecule has 1 aliphatic heterocycles. The first-order valence-electron chi connectivity index (χ1n) is 10.3. The summed E-state index contributed by atoms with van der Waals surface area (Å²) >= 11 is 0. The van der Waals surface area contributed by atoms with Gasteiger partial charge in [-0.15, -0.1) is 0 Å². The number of hydrogen-bond acceptors (Lipinski definition) is 6. The van der Waals surface area contributed by atoms with Crippen LogP contribution in [0.25, 0.3) is 16.6 Å². The summed E-state index contributed by atoms with van der Waals surface area (Å²) in [5.74, 6) is -0.142. The Balaban J connectivity index is 1.81. The average Bonchev–Trinajstić information content (AvgIpc) is 2.75. The van der Waals surface area contributed by atoms with Crippen LogP contribution in [0, 0.1) is 15.9 Å². The van der Waals surface area contributed by atoms with Crippen molar-refractivity contribution in [1.29, 1.82) is 0 Å². The third kappa shape index (κ3) is 4.19. The number of non-ortho nitro benzene ring substituents is 1. The lowest BCUT2D eigenvalue weighted by molar-refractivity contribution is -0.384. The van der Waals surface area contributed by atoms with Crippen LogP contribution in [0.4, 0.5) is 10.1 Å². The van der Waals surface area contributed by atoms with Gasteiger partial charge in [0.1, 0.15) is 11.6 Å². The highest BCUT2D eigenvalue weighted by Gasteiger charge is 2.23. The molecule has 4 rings (SSSR count). The Labute approximate surface area is 178 Å². The molecule has 31 heavy (non-hydrogen) atoms. The second-order valence-corrected chi connectivity index (χ2v) is 7.98. The van der Waals surface area contributed by atoms with E-state index in [2.05, 4.69) is 28.6 Å². The summed E-state index contributed by atoms with van der Waals surface area (Å²) in [4.78, 5) is 33.2. The first-order chi connectivity index (χ1) is 14.8. The van der Waals surface area contributed by atoms with Crippen LogP contribution in [0.15, 0.2) is 47.3 Å². The van der Waals surface area contributed by atoms with Gasteiger partial charge in [-0.2, -0.15) is 0 Å². The first-order valence-corrected chi connectivity index (χ1v) is 10.3. The quantitative estimate of drug-likeness (QED) is 0.462. The highest BCUT2D eigenvalue weighted by molar-refractivity contribution is 5.80. The molecule has 0 saturated carbocycles. The van der Waals surface area contributed by atoms with Crippen molar-refractivity contribution in [3.8, 4) is 5.69 Å². The van der Waals surface area contributed by atoms with Gasteiger partial charge in [0.05, 0.1) is 28.1 Å². The molecule has 2 aromatic carbocycles. The van der Waals surface area contributed by atoms with E-state index in [0.29, 0.717) is 23.9 Å².